The highest BCUT2D eigenvalue weighted by Crippen LogP contribution is 2.45. The molecule has 30 heavy (non-hydrogen) atoms. The molecule has 1 N–H and O–H groups in total. The summed E-state index contributed by atoms with van der Waals surface area (Å²) in [6.07, 6.45) is 0. The molecule has 152 valence electrons. The smallest absolute Gasteiger partial charge is 0.258 e. The van der Waals surface area contributed by atoms with Crippen molar-refractivity contribution in [3.05, 3.63) is 83.4 Å². The van der Waals surface area contributed by atoms with Crippen molar-refractivity contribution in [3.8, 4) is 11.5 Å². The van der Waals surface area contributed by atoms with Gasteiger partial charge in [-0.05, 0) is 30.7 Å². The molecule has 0 aliphatic carbocycles. The Labute approximate surface area is 181 Å². The van der Waals surface area contributed by atoms with Gasteiger partial charge in [-0.3, -0.25) is 9.10 Å². The average Bonchev–Trinajstić information content (AvgIpc) is 3.08. The number of fused-ring (bicyclic) bond motifs is 1. The van der Waals surface area contributed by atoms with Crippen molar-refractivity contribution < 1.29 is 14.3 Å². The van der Waals surface area contributed by atoms with E-state index in [0.29, 0.717) is 28.5 Å². The molecular weight excluding hydrogens is 396 g/mol. The van der Waals surface area contributed by atoms with Crippen molar-refractivity contribution in [1.82, 2.24) is 0 Å². The summed E-state index contributed by atoms with van der Waals surface area (Å²) in [4.78, 5) is 13.1. The number of hydrogen-bond acceptors (Lipinski definition) is 5. The monoisotopic (exact) mass is 418 g/mol. The van der Waals surface area contributed by atoms with Gasteiger partial charge in [0.25, 0.3) is 5.91 Å². The Morgan fingerprint density at radius 2 is 1.57 bits per heavy atom. The molecule has 0 saturated heterocycles. The Balaban J connectivity index is 1.97. The molecule has 1 aliphatic rings. The first-order chi connectivity index (χ1) is 14.5. The van der Waals surface area contributed by atoms with Crippen LogP contribution in [0.25, 0.3) is 11.3 Å². The SMILES string of the molecule is COc1cc2c(cc1OC)/C(=C(\c1ccccc1)N(S)c1ccc(C)cc1)C(=O)N2. The Hall–Kier alpha value is -3.38. The molecule has 4 rings (SSSR count). The van der Waals surface area contributed by atoms with Crippen molar-refractivity contribution in [1.29, 1.82) is 0 Å². The lowest BCUT2D eigenvalue weighted by Crippen LogP contribution is -2.15. The molecule has 0 spiro atoms. The number of hydrogen-bond donors (Lipinski definition) is 2. The van der Waals surface area contributed by atoms with Crippen LogP contribution in [0, 0.1) is 6.92 Å². The van der Waals surface area contributed by atoms with Crippen molar-refractivity contribution in [3.63, 3.8) is 0 Å². The van der Waals surface area contributed by atoms with E-state index in [2.05, 4.69) is 5.32 Å². The van der Waals surface area contributed by atoms with Crippen LogP contribution in [0.1, 0.15) is 16.7 Å². The number of anilines is 2. The van der Waals surface area contributed by atoms with Crippen molar-refractivity contribution in [2.75, 3.05) is 23.8 Å². The number of aryl methyl sites for hydroxylation is 1. The lowest BCUT2D eigenvalue weighted by atomic mass is 9.99. The zero-order valence-electron chi connectivity index (χ0n) is 17.0. The molecular formula is C24H22N2O3S. The molecule has 0 aromatic heterocycles. The molecule has 0 saturated carbocycles. The van der Waals surface area contributed by atoms with E-state index in [1.165, 1.54) is 0 Å². The van der Waals surface area contributed by atoms with Gasteiger partial charge in [-0.15, -0.1) is 0 Å². The molecule has 0 radical (unpaired) electrons. The number of carbonyl (C=O) groups is 1. The fraction of sp³-hybridized carbons (Fsp3) is 0.125. The van der Waals surface area contributed by atoms with Crippen LogP contribution in [-0.4, -0.2) is 20.1 Å². The zero-order chi connectivity index (χ0) is 21.3. The molecule has 1 amide bonds. The highest BCUT2D eigenvalue weighted by atomic mass is 32.1. The third-order valence-electron chi connectivity index (χ3n) is 5.04. The lowest BCUT2D eigenvalue weighted by Gasteiger charge is -2.24. The first-order valence-electron chi connectivity index (χ1n) is 9.46. The molecule has 3 aromatic carbocycles. The van der Waals surface area contributed by atoms with Crippen LogP contribution >= 0.6 is 12.8 Å². The number of amides is 1. The minimum absolute atomic E-state index is 0.203. The first kappa shape index (κ1) is 19.9. The van der Waals surface area contributed by atoms with Crippen molar-refractivity contribution in [2.45, 2.75) is 6.92 Å². The predicted octanol–water partition coefficient (Wildman–Crippen LogP) is 5.18. The molecule has 3 aromatic rings. The van der Waals surface area contributed by atoms with Crippen LogP contribution < -0.4 is 19.1 Å². The van der Waals surface area contributed by atoms with Crippen LogP contribution in [0.4, 0.5) is 11.4 Å². The summed E-state index contributed by atoms with van der Waals surface area (Å²) in [5.41, 5.74) is 5.50. The van der Waals surface area contributed by atoms with Gasteiger partial charge in [0, 0.05) is 11.6 Å². The number of thiol groups is 1. The molecule has 0 atom stereocenters. The average molecular weight is 419 g/mol. The number of rotatable bonds is 5. The highest BCUT2D eigenvalue weighted by molar-refractivity contribution is 7.82. The van der Waals surface area contributed by atoms with Crippen LogP contribution in [0.3, 0.4) is 0 Å². The fourth-order valence-electron chi connectivity index (χ4n) is 3.52. The van der Waals surface area contributed by atoms with E-state index in [0.717, 1.165) is 22.4 Å². The topological polar surface area (TPSA) is 50.8 Å². The summed E-state index contributed by atoms with van der Waals surface area (Å²) in [6, 6.07) is 21.3. The van der Waals surface area contributed by atoms with Gasteiger partial charge in [-0.25, -0.2) is 0 Å². The molecule has 0 unspecified atom stereocenters. The van der Waals surface area contributed by atoms with Gasteiger partial charge in [0.05, 0.1) is 36.9 Å². The van der Waals surface area contributed by atoms with E-state index in [4.69, 9.17) is 22.3 Å². The Bertz CT molecular complexity index is 1130. The summed E-state index contributed by atoms with van der Waals surface area (Å²) >= 11 is 4.79. The molecule has 0 fully saturated rings. The second-order valence-electron chi connectivity index (χ2n) is 6.94. The highest BCUT2D eigenvalue weighted by Gasteiger charge is 2.32. The largest absolute Gasteiger partial charge is 0.493 e. The van der Waals surface area contributed by atoms with E-state index >= 15 is 0 Å². The van der Waals surface area contributed by atoms with Crippen molar-refractivity contribution in [2.24, 2.45) is 0 Å². The number of carbonyl (C=O) groups excluding carboxylic acids is 1. The Morgan fingerprint density at radius 3 is 2.20 bits per heavy atom. The van der Waals surface area contributed by atoms with Gasteiger partial charge in [0.15, 0.2) is 11.5 Å². The third kappa shape index (κ3) is 3.50. The van der Waals surface area contributed by atoms with Gasteiger partial charge in [0.1, 0.15) is 0 Å². The third-order valence-corrected chi connectivity index (χ3v) is 5.47. The summed E-state index contributed by atoms with van der Waals surface area (Å²) < 4.78 is 12.6. The van der Waals surface area contributed by atoms with E-state index in [1.807, 2.05) is 67.6 Å². The van der Waals surface area contributed by atoms with Crippen LogP contribution in [-0.2, 0) is 4.79 Å². The number of nitrogens with zero attached hydrogens (tertiary/aromatic N) is 1. The zero-order valence-corrected chi connectivity index (χ0v) is 17.9. The van der Waals surface area contributed by atoms with Gasteiger partial charge in [-0.2, -0.15) is 0 Å². The number of benzene rings is 3. The normalized spacial score (nSPS) is 14.1. The maximum absolute atomic E-state index is 13.1. The van der Waals surface area contributed by atoms with Crippen LogP contribution in [0.15, 0.2) is 66.7 Å². The van der Waals surface area contributed by atoms with Crippen LogP contribution in [0.2, 0.25) is 0 Å². The number of nitrogens with one attached hydrogen (secondary N) is 1. The molecule has 1 heterocycles. The van der Waals surface area contributed by atoms with Gasteiger partial charge >= 0.3 is 0 Å². The summed E-state index contributed by atoms with van der Waals surface area (Å²) in [7, 11) is 3.15. The Kier molecular flexibility index (Phi) is 5.42. The van der Waals surface area contributed by atoms with Gasteiger partial charge < -0.3 is 14.8 Å². The number of ether oxygens (including phenoxy) is 2. The minimum atomic E-state index is -0.203. The lowest BCUT2D eigenvalue weighted by molar-refractivity contribution is -0.110. The molecule has 5 nitrogen and oxygen atoms in total. The summed E-state index contributed by atoms with van der Waals surface area (Å²) in [5, 5.41) is 2.95. The predicted molar refractivity (Wildman–Crippen MR) is 124 cm³/mol. The second kappa shape index (κ2) is 8.16. The van der Waals surface area contributed by atoms with Gasteiger partial charge in [-0.1, -0.05) is 60.8 Å². The molecule has 0 bridgehead atoms. The standard InChI is InChI=1S/C24H22N2O3S/c1-15-9-11-17(12-10-15)26(30)23(16-7-5-4-6-8-16)22-18-13-20(28-2)21(29-3)14-19(18)25-24(22)27/h4-14,30H,1-3H3,(H,25,27)/b23-22-. The van der Waals surface area contributed by atoms with Crippen molar-refractivity contribution >= 4 is 41.4 Å². The molecule has 6 heteroatoms. The van der Waals surface area contributed by atoms with E-state index < -0.39 is 0 Å². The second-order valence-corrected chi connectivity index (χ2v) is 7.34. The first-order valence-corrected chi connectivity index (χ1v) is 9.86. The van der Waals surface area contributed by atoms with E-state index in [-0.39, 0.29) is 5.91 Å². The van der Waals surface area contributed by atoms with E-state index in [9.17, 15) is 4.79 Å². The quantitative estimate of drug-likeness (QED) is 0.443. The maximum atomic E-state index is 13.1. The maximum Gasteiger partial charge on any atom is 0.258 e. The van der Waals surface area contributed by atoms with E-state index in [1.54, 1.807) is 24.6 Å². The molecule has 1 aliphatic heterocycles. The Morgan fingerprint density at radius 1 is 0.933 bits per heavy atom. The summed E-state index contributed by atoms with van der Waals surface area (Å²) in [5.74, 6) is 0.907. The summed E-state index contributed by atoms with van der Waals surface area (Å²) in [6.45, 7) is 2.03. The minimum Gasteiger partial charge on any atom is -0.493 e. The van der Waals surface area contributed by atoms with Crippen LogP contribution in [0.5, 0.6) is 11.5 Å². The van der Waals surface area contributed by atoms with Gasteiger partial charge in [0.2, 0.25) is 0 Å². The fourth-order valence-corrected chi connectivity index (χ4v) is 3.86. The number of methoxy groups -OCH3 is 2.